The Morgan fingerprint density at radius 3 is 2.31 bits per heavy atom. The highest BCUT2D eigenvalue weighted by molar-refractivity contribution is 5.91. The fraction of sp³-hybridized carbons (Fsp3) is 0.286. The molecule has 2 rings (SSSR count). The van der Waals surface area contributed by atoms with Crippen LogP contribution >= 0.6 is 0 Å². The molecule has 0 radical (unpaired) electrons. The molecule has 0 amide bonds. The van der Waals surface area contributed by atoms with E-state index in [4.69, 9.17) is 5.73 Å². The van der Waals surface area contributed by atoms with Crippen LogP contribution < -0.4 is 5.73 Å². The van der Waals surface area contributed by atoms with Crippen molar-refractivity contribution in [2.24, 2.45) is 0 Å². The van der Waals surface area contributed by atoms with Crippen LogP contribution in [0, 0.1) is 0 Å². The number of hydrogen-bond donors (Lipinski definition) is 2. The van der Waals surface area contributed by atoms with Crippen LogP contribution in [0.2, 0.25) is 0 Å². The Bertz CT molecular complexity index is 533. The lowest BCUT2D eigenvalue weighted by molar-refractivity contribution is 0.476. The second-order valence-corrected chi connectivity index (χ2v) is 5.19. The number of aromatic hydroxyl groups is 1. The molecule has 0 unspecified atom stereocenters. The first-order valence-corrected chi connectivity index (χ1v) is 5.41. The predicted molar refractivity (Wildman–Crippen MR) is 68.7 cm³/mol. The van der Waals surface area contributed by atoms with Crippen LogP contribution in [0.4, 0.5) is 5.69 Å². The third-order valence-corrected chi connectivity index (χ3v) is 2.79. The van der Waals surface area contributed by atoms with E-state index >= 15 is 0 Å². The van der Waals surface area contributed by atoms with Gasteiger partial charge in [0.05, 0.1) is 0 Å². The predicted octanol–water partition coefficient (Wildman–Crippen LogP) is 3.43. The maximum Gasteiger partial charge on any atom is 0.116 e. The monoisotopic (exact) mass is 215 g/mol. The van der Waals surface area contributed by atoms with E-state index < -0.39 is 0 Å². The molecule has 0 spiro atoms. The maximum atomic E-state index is 9.57. The Kier molecular flexibility index (Phi) is 2.30. The lowest BCUT2D eigenvalue weighted by Crippen LogP contribution is -2.14. The quantitative estimate of drug-likeness (QED) is 0.661. The molecule has 0 bridgehead atoms. The molecule has 0 aliphatic rings. The third kappa shape index (κ3) is 1.71. The van der Waals surface area contributed by atoms with Crippen LogP contribution in [-0.4, -0.2) is 5.11 Å². The lowest BCUT2D eigenvalue weighted by atomic mass is 9.82. The number of nitrogen functional groups attached to an aromatic ring is 1. The summed E-state index contributed by atoms with van der Waals surface area (Å²) in [5.41, 5.74) is 7.89. The molecule has 2 heteroatoms. The number of hydrogen-bond acceptors (Lipinski definition) is 2. The van der Waals surface area contributed by atoms with Crippen LogP contribution in [-0.2, 0) is 5.41 Å². The van der Waals surface area contributed by atoms with Crippen molar-refractivity contribution in [3.8, 4) is 5.75 Å². The summed E-state index contributed by atoms with van der Waals surface area (Å²) in [5.74, 6) is 0.281. The van der Waals surface area contributed by atoms with Gasteiger partial charge in [0.15, 0.2) is 0 Å². The second-order valence-electron chi connectivity index (χ2n) is 5.19. The summed E-state index contributed by atoms with van der Waals surface area (Å²) in [6.45, 7) is 6.38. The Hall–Kier alpha value is -1.70. The molecule has 0 saturated carbocycles. The van der Waals surface area contributed by atoms with E-state index in [9.17, 15) is 5.11 Å². The first kappa shape index (κ1) is 10.8. The van der Waals surface area contributed by atoms with Gasteiger partial charge in [-0.3, -0.25) is 0 Å². The Balaban J connectivity index is 2.88. The minimum absolute atomic E-state index is 0.0304. The van der Waals surface area contributed by atoms with Gasteiger partial charge in [-0.05, 0) is 39.9 Å². The standard InChI is InChI=1S/C14H17NO/c1-14(2,3)13-11-8-10(16)6-4-9(11)5-7-12(13)15/h4-8,16H,15H2,1-3H3. The molecular formula is C14H17NO. The SMILES string of the molecule is CC(C)(C)c1c(N)ccc2ccc(O)cc12. The van der Waals surface area contributed by atoms with Gasteiger partial charge in [-0.2, -0.15) is 0 Å². The Morgan fingerprint density at radius 1 is 1.06 bits per heavy atom. The summed E-state index contributed by atoms with van der Waals surface area (Å²) in [6, 6.07) is 9.32. The molecule has 2 aromatic rings. The first-order valence-electron chi connectivity index (χ1n) is 5.41. The van der Waals surface area contributed by atoms with Gasteiger partial charge < -0.3 is 10.8 Å². The van der Waals surface area contributed by atoms with E-state index in [0.29, 0.717) is 0 Å². The minimum Gasteiger partial charge on any atom is -0.508 e. The molecule has 16 heavy (non-hydrogen) atoms. The van der Waals surface area contributed by atoms with Gasteiger partial charge in [0.1, 0.15) is 5.75 Å². The van der Waals surface area contributed by atoms with Gasteiger partial charge in [0, 0.05) is 5.69 Å². The van der Waals surface area contributed by atoms with E-state index in [0.717, 1.165) is 22.0 Å². The van der Waals surface area contributed by atoms with Crippen LogP contribution in [0.25, 0.3) is 10.8 Å². The van der Waals surface area contributed by atoms with E-state index in [-0.39, 0.29) is 11.2 Å². The normalized spacial score (nSPS) is 11.9. The number of fused-ring (bicyclic) bond motifs is 1. The van der Waals surface area contributed by atoms with Crippen molar-refractivity contribution in [3.63, 3.8) is 0 Å². The Morgan fingerprint density at radius 2 is 1.69 bits per heavy atom. The molecule has 2 nitrogen and oxygen atoms in total. The molecule has 0 heterocycles. The highest BCUT2D eigenvalue weighted by atomic mass is 16.3. The summed E-state index contributed by atoms with van der Waals surface area (Å²) < 4.78 is 0. The number of benzene rings is 2. The van der Waals surface area contributed by atoms with E-state index in [2.05, 4.69) is 20.8 Å². The molecule has 0 aliphatic heterocycles. The number of nitrogens with two attached hydrogens (primary N) is 1. The molecule has 0 aliphatic carbocycles. The fourth-order valence-corrected chi connectivity index (χ4v) is 2.16. The average Bonchev–Trinajstić information content (AvgIpc) is 2.14. The van der Waals surface area contributed by atoms with E-state index in [1.165, 1.54) is 0 Å². The zero-order valence-corrected chi connectivity index (χ0v) is 9.91. The number of anilines is 1. The molecule has 0 fully saturated rings. The minimum atomic E-state index is -0.0304. The summed E-state index contributed by atoms with van der Waals surface area (Å²) in [7, 11) is 0. The van der Waals surface area contributed by atoms with Crippen molar-refractivity contribution < 1.29 is 5.11 Å². The van der Waals surface area contributed by atoms with Crippen molar-refractivity contribution in [2.45, 2.75) is 26.2 Å². The van der Waals surface area contributed by atoms with E-state index in [1.54, 1.807) is 12.1 Å². The lowest BCUT2D eigenvalue weighted by Gasteiger charge is -2.23. The highest BCUT2D eigenvalue weighted by Gasteiger charge is 2.19. The van der Waals surface area contributed by atoms with Gasteiger partial charge in [0.2, 0.25) is 0 Å². The summed E-state index contributed by atoms with van der Waals surface area (Å²) in [5, 5.41) is 11.7. The van der Waals surface area contributed by atoms with Crippen LogP contribution in [0.15, 0.2) is 30.3 Å². The zero-order valence-electron chi connectivity index (χ0n) is 9.91. The van der Waals surface area contributed by atoms with Gasteiger partial charge >= 0.3 is 0 Å². The molecule has 0 atom stereocenters. The molecule has 84 valence electrons. The number of rotatable bonds is 0. The van der Waals surface area contributed by atoms with Crippen molar-refractivity contribution in [2.75, 3.05) is 5.73 Å². The summed E-state index contributed by atoms with van der Waals surface area (Å²) in [6.07, 6.45) is 0. The van der Waals surface area contributed by atoms with Gasteiger partial charge in [-0.25, -0.2) is 0 Å². The average molecular weight is 215 g/mol. The molecular weight excluding hydrogens is 198 g/mol. The smallest absolute Gasteiger partial charge is 0.116 e. The molecule has 2 aromatic carbocycles. The second kappa shape index (κ2) is 3.41. The maximum absolute atomic E-state index is 9.57. The summed E-state index contributed by atoms with van der Waals surface area (Å²) >= 11 is 0. The van der Waals surface area contributed by atoms with Crippen LogP contribution in [0.5, 0.6) is 5.75 Å². The third-order valence-electron chi connectivity index (χ3n) is 2.79. The molecule has 3 N–H and O–H groups in total. The summed E-state index contributed by atoms with van der Waals surface area (Å²) in [4.78, 5) is 0. The van der Waals surface area contributed by atoms with Gasteiger partial charge in [-0.1, -0.05) is 32.9 Å². The van der Waals surface area contributed by atoms with Crippen LogP contribution in [0.3, 0.4) is 0 Å². The van der Waals surface area contributed by atoms with Gasteiger partial charge in [0.25, 0.3) is 0 Å². The topological polar surface area (TPSA) is 46.2 Å². The van der Waals surface area contributed by atoms with Crippen molar-refractivity contribution in [1.29, 1.82) is 0 Å². The van der Waals surface area contributed by atoms with Crippen molar-refractivity contribution in [1.82, 2.24) is 0 Å². The Labute approximate surface area is 95.7 Å². The number of phenols is 1. The van der Waals surface area contributed by atoms with Crippen molar-refractivity contribution >= 4 is 16.5 Å². The fourth-order valence-electron chi connectivity index (χ4n) is 2.16. The van der Waals surface area contributed by atoms with Crippen LogP contribution in [0.1, 0.15) is 26.3 Å². The zero-order chi connectivity index (χ0) is 11.9. The van der Waals surface area contributed by atoms with E-state index in [1.807, 2.05) is 18.2 Å². The highest BCUT2D eigenvalue weighted by Crippen LogP contribution is 2.35. The molecule has 0 saturated heterocycles. The van der Waals surface area contributed by atoms with Crippen molar-refractivity contribution in [3.05, 3.63) is 35.9 Å². The number of phenolic OH excluding ortho intramolecular Hbond substituents is 1. The first-order chi connectivity index (χ1) is 7.39. The largest absolute Gasteiger partial charge is 0.508 e. The molecule has 0 aromatic heterocycles. The van der Waals surface area contributed by atoms with Gasteiger partial charge in [-0.15, -0.1) is 0 Å².